The number of carbonyl (C=O) groups excluding carboxylic acids is 3. The van der Waals surface area contributed by atoms with E-state index in [0.717, 1.165) is 0 Å². The Morgan fingerprint density at radius 2 is 1.80 bits per heavy atom. The van der Waals surface area contributed by atoms with Crippen LogP contribution in [0.15, 0.2) is 48.5 Å². The second-order valence-corrected chi connectivity index (χ2v) is 6.86. The van der Waals surface area contributed by atoms with E-state index in [1.807, 2.05) is 38.1 Å². The van der Waals surface area contributed by atoms with E-state index in [2.05, 4.69) is 16.0 Å². The molecule has 3 rings (SSSR count). The van der Waals surface area contributed by atoms with E-state index in [9.17, 15) is 14.4 Å². The monoisotopic (exact) mass is 410 g/mol. The average Bonchev–Trinajstić information content (AvgIpc) is 3.11. The number of nitrogens with zero attached hydrogens (tertiary/aromatic N) is 1. The van der Waals surface area contributed by atoms with Gasteiger partial charge >= 0.3 is 6.03 Å². The Kier molecular flexibility index (Phi) is 6.90. The molecular weight excluding hydrogens is 384 g/mol. The Labute approximate surface area is 175 Å². The van der Waals surface area contributed by atoms with Gasteiger partial charge in [0, 0.05) is 30.9 Å². The van der Waals surface area contributed by atoms with Crippen molar-refractivity contribution >= 4 is 34.9 Å². The standard InChI is InChI=1S/C22H26N4O4/c1-3-23-22(29)25-17-9-7-8-16(13-17)24-21(28)15-12-20(27)26(14-15)18-10-5-6-11-19(18)30-4-2/h5-11,13,15H,3-4,12,14H2,1-2H3,(H,24,28)(H2,23,25,29). The van der Waals surface area contributed by atoms with Gasteiger partial charge in [-0.2, -0.15) is 0 Å². The first-order valence-electron chi connectivity index (χ1n) is 9.99. The average molecular weight is 410 g/mol. The highest BCUT2D eigenvalue weighted by atomic mass is 16.5. The predicted molar refractivity (Wildman–Crippen MR) is 116 cm³/mol. The van der Waals surface area contributed by atoms with Crippen molar-refractivity contribution in [1.29, 1.82) is 0 Å². The molecule has 8 heteroatoms. The molecule has 158 valence electrons. The van der Waals surface area contributed by atoms with Crippen molar-refractivity contribution in [3.8, 4) is 5.75 Å². The number of rotatable bonds is 7. The van der Waals surface area contributed by atoms with Crippen LogP contribution in [-0.2, 0) is 9.59 Å². The van der Waals surface area contributed by atoms with Gasteiger partial charge in [0.05, 0.1) is 18.2 Å². The first kappa shape index (κ1) is 21.2. The molecular formula is C22H26N4O4. The maximum absolute atomic E-state index is 12.8. The summed E-state index contributed by atoms with van der Waals surface area (Å²) in [6.45, 7) is 5.00. The van der Waals surface area contributed by atoms with Gasteiger partial charge in [0.25, 0.3) is 0 Å². The second kappa shape index (κ2) is 9.78. The van der Waals surface area contributed by atoms with Gasteiger partial charge in [-0.1, -0.05) is 18.2 Å². The molecule has 0 aliphatic carbocycles. The van der Waals surface area contributed by atoms with Crippen molar-refractivity contribution in [1.82, 2.24) is 5.32 Å². The zero-order valence-electron chi connectivity index (χ0n) is 17.1. The fourth-order valence-electron chi connectivity index (χ4n) is 3.33. The van der Waals surface area contributed by atoms with Crippen LogP contribution in [0.5, 0.6) is 5.75 Å². The van der Waals surface area contributed by atoms with Crippen LogP contribution in [-0.4, -0.2) is 37.5 Å². The summed E-state index contributed by atoms with van der Waals surface area (Å²) >= 11 is 0. The van der Waals surface area contributed by atoms with E-state index >= 15 is 0 Å². The minimum Gasteiger partial charge on any atom is -0.492 e. The van der Waals surface area contributed by atoms with Crippen molar-refractivity contribution in [2.24, 2.45) is 5.92 Å². The van der Waals surface area contributed by atoms with Crippen LogP contribution in [0.3, 0.4) is 0 Å². The Hall–Kier alpha value is -3.55. The number of hydrogen-bond acceptors (Lipinski definition) is 4. The zero-order chi connectivity index (χ0) is 21.5. The van der Waals surface area contributed by atoms with E-state index in [0.29, 0.717) is 36.0 Å². The molecule has 2 aromatic rings. The van der Waals surface area contributed by atoms with Gasteiger partial charge in [0.2, 0.25) is 11.8 Å². The van der Waals surface area contributed by atoms with Gasteiger partial charge < -0.3 is 25.6 Å². The quantitative estimate of drug-likeness (QED) is 0.653. The molecule has 1 atom stereocenters. The molecule has 1 aliphatic heterocycles. The lowest BCUT2D eigenvalue weighted by molar-refractivity contribution is -0.122. The van der Waals surface area contributed by atoms with Crippen LogP contribution < -0.4 is 25.6 Å². The van der Waals surface area contributed by atoms with Crippen molar-refractivity contribution in [3.05, 3.63) is 48.5 Å². The number of nitrogens with one attached hydrogen (secondary N) is 3. The summed E-state index contributed by atoms with van der Waals surface area (Å²) < 4.78 is 5.62. The van der Waals surface area contributed by atoms with Crippen LogP contribution in [0.4, 0.5) is 21.9 Å². The largest absolute Gasteiger partial charge is 0.492 e. The maximum atomic E-state index is 12.8. The Morgan fingerprint density at radius 3 is 2.53 bits per heavy atom. The smallest absolute Gasteiger partial charge is 0.319 e. The van der Waals surface area contributed by atoms with Crippen LogP contribution in [0.2, 0.25) is 0 Å². The SMILES string of the molecule is CCNC(=O)Nc1cccc(NC(=O)C2CC(=O)N(c3ccccc3OCC)C2)c1. The first-order valence-corrected chi connectivity index (χ1v) is 9.99. The van der Waals surface area contributed by atoms with Crippen molar-refractivity contribution in [3.63, 3.8) is 0 Å². The number of anilines is 3. The Balaban J connectivity index is 1.66. The van der Waals surface area contributed by atoms with Crippen molar-refractivity contribution < 1.29 is 19.1 Å². The summed E-state index contributed by atoms with van der Waals surface area (Å²) in [5.41, 5.74) is 1.79. The summed E-state index contributed by atoms with van der Waals surface area (Å²) in [5.74, 6) is -0.213. The van der Waals surface area contributed by atoms with Gasteiger partial charge in [0.1, 0.15) is 5.75 Å². The molecule has 1 heterocycles. The van der Waals surface area contributed by atoms with Crippen molar-refractivity contribution in [2.75, 3.05) is 35.2 Å². The molecule has 2 aromatic carbocycles. The molecule has 0 radical (unpaired) electrons. The third-order valence-corrected chi connectivity index (χ3v) is 4.68. The highest BCUT2D eigenvalue weighted by molar-refractivity contribution is 6.04. The summed E-state index contributed by atoms with van der Waals surface area (Å²) in [6, 6.07) is 13.9. The summed E-state index contributed by atoms with van der Waals surface area (Å²) in [7, 11) is 0. The molecule has 3 N–H and O–H groups in total. The highest BCUT2D eigenvalue weighted by Crippen LogP contribution is 2.33. The lowest BCUT2D eigenvalue weighted by Gasteiger charge is -2.20. The molecule has 30 heavy (non-hydrogen) atoms. The lowest BCUT2D eigenvalue weighted by Crippen LogP contribution is -2.29. The van der Waals surface area contributed by atoms with Gasteiger partial charge in [-0.15, -0.1) is 0 Å². The maximum Gasteiger partial charge on any atom is 0.319 e. The van der Waals surface area contributed by atoms with Gasteiger partial charge in [0.15, 0.2) is 0 Å². The van der Waals surface area contributed by atoms with Crippen LogP contribution in [0.1, 0.15) is 20.3 Å². The number of hydrogen-bond donors (Lipinski definition) is 3. The predicted octanol–water partition coefficient (Wildman–Crippen LogP) is 3.22. The second-order valence-electron chi connectivity index (χ2n) is 6.86. The van der Waals surface area contributed by atoms with Crippen LogP contribution >= 0.6 is 0 Å². The molecule has 1 fully saturated rings. The molecule has 0 saturated carbocycles. The molecule has 0 bridgehead atoms. The molecule has 0 aromatic heterocycles. The lowest BCUT2D eigenvalue weighted by atomic mass is 10.1. The highest BCUT2D eigenvalue weighted by Gasteiger charge is 2.36. The first-order chi connectivity index (χ1) is 14.5. The molecule has 1 saturated heterocycles. The van der Waals surface area contributed by atoms with Gasteiger partial charge in [-0.3, -0.25) is 9.59 Å². The minimum atomic E-state index is -0.479. The number of benzene rings is 2. The molecule has 1 unspecified atom stereocenters. The minimum absolute atomic E-state index is 0.117. The third kappa shape index (κ3) is 5.08. The summed E-state index contributed by atoms with van der Waals surface area (Å²) in [4.78, 5) is 38.6. The van der Waals surface area contributed by atoms with E-state index in [1.54, 1.807) is 29.2 Å². The summed E-state index contributed by atoms with van der Waals surface area (Å²) in [5, 5.41) is 8.19. The molecule has 1 aliphatic rings. The van der Waals surface area contributed by atoms with Crippen molar-refractivity contribution in [2.45, 2.75) is 20.3 Å². The third-order valence-electron chi connectivity index (χ3n) is 4.68. The topological polar surface area (TPSA) is 99.8 Å². The number of urea groups is 1. The number of ether oxygens (including phenoxy) is 1. The van der Waals surface area contributed by atoms with E-state index in [-0.39, 0.29) is 30.8 Å². The van der Waals surface area contributed by atoms with E-state index in [4.69, 9.17) is 4.74 Å². The van der Waals surface area contributed by atoms with Gasteiger partial charge in [-0.05, 0) is 44.2 Å². The number of amides is 4. The fourth-order valence-corrected chi connectivity index (χ4v) is 3.33. The van der Waals surface area contributed by atoms with E-state index in [1.165, 1.54) is 0 Å². The molecule has 4 amide bonds. The molecule has 8 nitrogen and oxygen atoms in total. The summed E-state index contributed by atoms with van der Waals surface area (Å²) in [6.07, 6.45) is 0.128. The Bertz CT molecular complexity index is 931. The zero-order valence-corrected chi connectivity index (χ0v) is 17.1. The number of para-hydroxylation sites is 2. The van der Waals surface area contributed by atoms with Crippen LogP contribution in [0, 0.1) is 5.92 Å². The Morgan fingerprint density at radius 1 is 1.07 bits per heavy atom. The fraction of sp³-hybridized carbons (Fsp3) is 0.318. The number of carbonyl (C=O) groups is 3. The normalized spacial score (nSPS) is 15.6. The van der Waals surface area contributed by atoms with Gasteiger partial charge in [-0.25, -0.2) is 4.79 Å². The van der Waals surface area contributed by atoms with Crippen LogP contribution in [0.25, 0.3) is 0 Å². The van der Waals surface area contributed by atoms with E-state index < -0.39 is 5.92 Å². The molecule has 0 spiro atoms.